The SMILES string of the molecule is CCN(C(C)=O)C1(C(=O)O)CCN(C)CC1. The molecule has 0 saturated carbocycles. The first-order valence-electron chi connectivity index (χ1n) is 5.64. The van der Waals surface area contributed by atoms with Gasteiger partial charge < -0.3 is 14.9 Å². The predicted molar refractivity (Wildman–Crippen MR) is 60.2 cm³/mol. The lowest BCUT2D eigenvalue weighted by Gasteiger charge is -2.44. The molecule has 0 bridgehead atoms. The summed E-state index contributed by atoms with van der Waals surface area (Å²) in [7, 11) is 1.97. The Bertz CT molecular complexity index is 283. The van der Waals surface area contributed by atoms with Crippen molar-refractivity contribution >= 4 is 11.9 Å². The first-order chi connectivity index (χ1) is 7.44. The molecule has 16 heavy (non-hydrogen) atoms. The quantitative estimate of drug-likeness (QED) is 0.759. The van der Waals surface area contributed by atoms with Crippen molar-refractivity contribution in [3.8, 4) is 0 Å². The van der Waals surface area contributed by atoms with Crippen molar-refractivity contribution < 1.29 is 14.7 Å². The molecule has 0 aliphatic carbocycles. The number of hydrogen-bond acceptors (Lipinski definition) is 3. The highest BCUT2D eigenvalue weighted by Crippen LogP contribution is 2.29. The lowest BCUT2D eigenvalue weighted by atomic mass is 9.85. The summed E-state index contributed by atoms with van der Waals surface area (Å²) in [6.07, 6.45) is 1.01. The molecule has 1 N–H and O–H groups in total. The van der Waals surface area contributed by atoms with Gasteiger partial charge in [0.15, 0.2) is 0 Å². The van der Waals surface area contributed by atoms with Crippen LogP contribution >= 0.6 is 0 Å². The third-order valence-corrected chi connectivity index (χ3v) is 3.43. The molecule has 5 nitrogen and oxygen atoms in total. The van der Waals surface area contributed by atoms with Gasteiger partial charge in [0.05, 0.1) is 0 Å². The number of amides is 1. The highest BCUT2D eigenvalue weighted by atomic mass is 16.4. The van der Waals surface area contributed by atoms with Crippen LogP contribution in [0.1, 0.15) is 26.7 Å². The largest absolute Gasteiger partial charge is 0.479 e. The third kappa shape index (κ3) is 2.19. The number of likely N-dealkylation sites (N-methyl/N-ethyl adjacent to an activating group) is 1. The Morgan fingerprint density at radius 3 is 2.19 bits per heavy atom. The highest BCUT2D eigenvalue weighted by Gasteiger charge is 2.46. The van der Waals surface area contributed by atoms with E-state index >= 15 is 0 Å². The zero-order valence-electron chi connectivity index (χ0n) is 10.2. The van der Waals surface area contributed by atoms with Gasteiger partial charge in [0.2, 0.25) is 5.91 Å². The fraction of sp³-hybridized carbons (Fsp3) is 0.818. The number of nitrogens with zero attached hydrogens (tertiary/aromatic N) is 2. The Morgan fingerprint density at radius 1 is 1.38 bits per heavy atom. The summed E-state index contributed by atoms with van der Waals surface area (Å²) in [6, 6.07) is 0. The van der Waals surface area contributed by atoms with Gasteiger partial charge >= 0.3 is 5.97 Å². The average molecular weight is 228 g/mol. The Morgan fingerprint density at radius 2 is 1.88 bits per heavy atom. The Hall–Kier alpha value is -1.10. The van der Waals surface area contributed by atoms with Crippen molar-refractivity contribution in [3.05, 3.63) is 0 Å². The third-order valence-electron chi connectivity index (χ3n) is 3.43. The molecular formula is C11H20N2O3. The first-order valence-corrected chi connectivity index (χ1v) is 5.64. The summed E-state index contributed by atoms with van der Waals surface area (Å²) in [5.74, 6) is -1.04. The summed E-state index contributed by atoms with van der Waals surface area (Å²) in [6.45, 7) is 5.15. The number of piperidine rings is 1. The van der Waals surface area contributed by atoms with E-state index in [1.807, 2.05) is 14.0 Å². The second-order valence-corrected chi connectivity index (χ2v) is 4.40. The number of carbonyl (C=O) groups excluding carboxylic acids is 1. The summed E-state index contributed by atoms with van der Waals surface area (Å²) < 4.78 is 0. The van der Waals surface area contributed by atoms with E-state index in [4.69, 9.17) is 0 Å². The van der Waals surface area contributed by atoms with Gasteiger partial charge in [0.25, 0.3) is 0 Å². The number of hydrogen-bond donors (Lipinski definition) is 1. The van der Waals surface area contributed by atoms with Crippen LogP contribution in [0.25, 0.3) is 0 Å². The minimum absolute atomic E-state index is 0.158. The van der Waals surface area contributed by atoms with Gasteiger partial charge in [-0.15, -0.1) is 0 Å². The van der Waals surface area contributed by atoms with E-state index in [2.05, 4.69) is 4.90 Å². The molecule has 0 unspecified atom stereocenters. The molecule has 1 fully saturated rings. The molecule has 0 atom stereocenters. The molecule has 0 aromatic carbocycles. The van der Waals surface area contributed by atoms with Crippen molar-refractivity contribution in [3.63, 3.8) is 0 Å². The highest BCUT2D eigenvalue weighted by molar-refractivity contribution is 5.86. The van der Waals surface area contributed by atoms with Gasteiger partial charge in [-0.2, -0.15) is 0 Å². The second-order valence-electron chi connectivity index (χ2n) is 4.40. The monoisotopic (exact) mass is 228 g/mol. The smallest absolute Gasteiger partial charge is 0.329 e. The van der Waals surface area contributed by atoms with Crippen LogP contribution in [0.4, 0.5) is 0 Å². The van der Waals surface area contributed by atoms with E-state index in [0.717, 1.165) is 13.1 Å². The van der Waals surface area contributed by atoms with Gasteiger partial charge in [-0.25, -0.2) is 4.79 Å². The minimum atomic E-state index is -0.993. The molecule has 1 rings (SSSR count). The van der Waals surface area contributed by atoms with Crippen LogP contribution in [-0.4, -0.2) is 59.0 Å². The van der Waals surface area contributed by atoms with E-state index < -0.39 is 11.5 Å². The summed E-state index contributed by atoms with van der Waals surface area (Å²) in [5, 5.41) is 9.41. The van der Waals surface area contributed by atoms with E-state index in [0.29, 0.717) is 19.4 Å². The maximum atomic E-state index is 11.5. The molecule has 5 heteroatoms. The molecular weight excluding hydrogens is 208 g/mol. The molecule has 0 spiro atoms. The van der Waals surface area contributed by atoms with Crippen molar-refractivity contribution in [2.24, 2.45) is 0 Å². The number of carboxylic acid groups (broad SMARTS) is 1. The number of rotatable bonds is 3. The Labute approximate surface area is 96.0 Å². The van der Waals surface area contributed by atoms with Crippen LogP contribution in [0.5, 0.6) is 0 Å². The van der Waals surface area contributed by atoms with Crippen molar-refractivity contribution in [2.75, 3.05) is 26.7 Å². The Kier molecular flexibility index (Phi) is 3.91. The molecule has 1 aliphatic heterocycles. The van der Waals surface area contributed by atoms with Gasteiger partial charge in [0.1, 0.15) is 5.54 Å². The van der Waals surface area contributed by atoms with Crippen LogP contribution in [-0.2, 0) is 9.59 Å². The lowest BCUT2D eigenvalue weighted by molar-refractivity contribution is -0.162. The van der Waals surface area contributed by atoms with Crippen LogP contribution in [0.2, 0.25) is 0 Å². The first kappa shape index (κ1) is 13.0. The Balaban J connectivity index is 2.96. The molecule has 1 aliphatic rings. The average Bonchev–Trinajstić information content (AvgIpc) is 2.21. The summed E-state index contributed by atoms with van der Waals surface area (Å²) in [4.78, 5) is 26.6. The van der Waals surface area contributed by atoms with Crippen LogP contribution in [0.3, 0.4) is 0 Å². The molecule has 1 saturated heterocycles. The number of aliphatic carboxylic acids is 1. The van der Waals surface area contributed by atoms with E-state index in [1.165, 1.54) is 11.8 Å². The van der Waals surface area contributed by atoms with Crippen LogP contribution in [0.15, 0.2) is 0 Å². The number of carbonyl (C=O) groups is 2. The fourth-order valence-corrected chi connectivity index (χ4v) is 2.41. The standard InChI is InChI=1S/C11H20N2O3/c1-4-13(9(2)14)11(10(15)16)5-7-12(3)8-6-11/h4-8H2,1-3H3,(H,15,16). The minimum Gasteiger partial charge on any atom is -0.479 e. The van der Waals surface area contributed by atoms with Gasteiger partial charge in [0, 0.05) is 26.6 Å². The van der Waals surface area contributed by atoms with Crippen molar-refractivity contribution in [1.29, 1.82) is 0 Å². The van der Waals surface area contributed by atoms with Crippen molar-refractivity contribution in [2.45, 2.75) is 32.2 Å². The predicted octanol–water partition coefficient (Wildman–Crippen LogP) is 0.404. The lowest BCUT2D eigenvalue weighted by Crippen LogP contribution is -2.61. The molecule has 92 valence electrons. The van der Waals surface area contributed by atoms with Crippen molar-refractivity contribution in [1.82, 2.24) is 9.80 Å². The van der Waals surface area contributed by atoms with E-state index in [9.17, 15) is 14.7 Å². The van der Waals surface area contributed by atoms with Gasteiger partial charge in [-0.1, -0.05) is 0 Å². The second kappa shape index (κ2) is 4.82. The summed E-state index contributed by atoms with van der Waals surface area (Å²) >= 11 is 0. The van der Waals surface area contributed by atoms with Gasteiger partial charge in [-0.3, -0.25) is 4.79 Å². The number of likely N-dealkylation sites (tertiary alicyclic amines) is 1. The normalized spacial score (nSPS) is 20.4. The zero-order chi connectivity index (χ0) is 12.3. The topological polar surface area (TPSA) is 60.9 Å². The molecule has 1 heterocycles. The number of carboxylic acids is 1. The molecule has 1 amide bonds. The van der Waals surface area contributed by atoms with Gasteiger partial charge in [-0.05, 0) is 26.8 Å². The van der Waals surface area contributed by atoms with Crippen LogP contribution < -0.4 is 0 Å². The fourth-order valence-electron chi connectivity index (χ4n) is 2.41. The van der Waals surface area contributed by atoms with E-state index in [-0.39, 0.29) is 5.91 Å². The molecule has 0 aromatic rings. The molecule has 0 aromatic heterocycles. The van der Waals surface area contributed by atoms with Crippen LogP contribution in [0, 0.1) is 0 Å². The van der Waals surface area contributed by atoms with E-state index in [1.54, 1.807) is 0 Å². The molecule has 0 radical (unpaired) electrons. The maximum absolute atomic E-state index is 11.5. The maximum Gasteiger partial charge on any atom is 0.329 e. The zero-order valence-corrected chi connectivity index (χ0v) is 10.2. The summed E-state index contributed by atoms with van der Waals surface area (Å²) in [5.41, 5.74) is -0.993.